The lowest BCUT2D eigenvalue weighted by Crippen LogP contribution is -2.00. The van der Waals surface area contributed by atoms with Crippen molar-refractivity contribution in [1.82, 2.24) is 0 Å². The van der Waals surface area contributed by atoms with E-state index < -0.39 is 5.97 Å². The zero-order valence-corrected chi connectivity index (χ0v) is 13.9. The summed E-state index contributed by atoms with van der Waals surface area (Å²) in [5.41, 5.74) is 2.26. The molecule has 3 nitrogen and oxygen atoms in total. The highest BCUT2D eigenvalue weighted by Crippen LogP contribution is 2.32. The number of rotatable bonds is 3. The minimum atomic E-state index is -0.400. The van der Waals surface area contributed by atoms with Gasteiger partial charge in [0.15, 0.2) is 0 Å². The first-order valence-electron chi connectivity index (χ1n) is 5.78. The second-order valence-corrected chi connectivity index (χ2v) is 5.60. The molecule has 2 aromatic rings. The second kappa shape index (κ2) is 6.45. The Morgan fingerprint density at radius 3 is 2.45 bits per heavy atom. The van der Waals surface area contributed by atoms with Gasteiger partial charge in [0.05, 0.1) is 23.4 Å². The van der Waals surface area contributed by atoms with E-state index in [1.54, 1.807) is 19.2 Å². The van der Waals surface area contributed by atoms with Gasteiger partial charge in [0.25, 0.3) is 0 Å². The summed E-state index contributed by atoms with van der Waals surface area (Å²) < 4.78 is 10.9. The summed E-state index contributed by atoms with van der Waals surface area (Å²) in [4.78, 5) is 11.5. The van der Waals surface area contributed by atoms with E-state index in [1.807, 2.05) is 24.3 Å². The van der Waals surface area contributed by atoms with Crippen LogP contribution < -0.4 is 4.74 Å². The molecule has 0 aliphatic rings. The summed E-state index contributed by atoms with van der Waals surface area (Å²) in [6.07, 6.45) is 0. The third-order valence-corrected chi connectivity index (χ3v) is 4.01. The first-order valence-corrected chi connectivity index (χ1v) is 7.24. The fourth-order valence-electron chi connectivity index (χ4n) is 1.83. The van der Waals surface area contributed by atoms with Crippen LogP contribution >= 0.6 is 34.2 Å². The van der Waals surface area contributed by atoms with E-state index in [-0.39, 0.29) is 0 Å². The monoisotopic (exact) mass is 402 g/mol. The van der Waals surface area contributed by atoms with Gasteiger partial charge < -0.3 is 9.47 Å². The fourth-order valence-corrected chi connectivity index (χ4v) is 2.85. The molecule has 0 unspecified atom stereocenters. The van der Waals surface area contributed by atoms with Gasteiger partial charge in [-0.05, 0) is 52.4 Å². The van der Waals surface area contributed by atoms with Gasteiger partial charge in [-0.15, -0.1) is 0 Å². The average molecular weight is 403 g/mol. The number of halogens is 2. The SMILES string of the molecule is COC(=O)c1ccc(-c2ccc(OC)c(I)c2)c(Cl)c1. The quantitative estimate of drug-likeness (QED) is 0.564. The van der Waals surface area contributed by atoms with Crippen LogP contribution in [0.3, 0.4) is 0 Å². The van der Waals surface area contributed by atoms with Gasteiger partial charge in [-0.2, -0.15) is 0 Å². The lowest BCUT2D eigenvalue weighted by atomic mass is 10.0. The highest BCUT2D eigenvalue weighted by Gasteiger charge is 2.11. The van der Waals surface area contributed by atoms with Crippen LogP contribution in [0.5, 0.6) is 5.75 Å². The van der Waals surface area contributed by atoms with Crippen molar-refractivity contribution in [3.63, 3.8) is 0 Å². The van der Waals surface area contributed by atoms with Crippen LogP contribution in [0.4, 0.5) is 0 Å². The Morgan fingerprint density at radius 1 is 1.15 bits per heavy atom. The third-order valence-electron chi connectivity index (χ3n) is 2.85. The van der Waals surface area contributed by atoms with Crippen LogP contribution in [0.2, 0.25) is 5.02 Å². The van der Waals surface area contributed by atoms with Crippen LogP contribution in [0.15, 0.2) is 36.4 Å². The third kappa shape index (κ3) is 3.07. The van der Waals surface area contributed by atoms with E-state index in [9.17, 15) is 4.79 Å². The van der Waals surface area contributed by atoms with Crippen LogP contribution in [-0.4, -0.2) is 20.2 Å². The van der Waals surface area contributed by atoms with Gasteiger partial charge in [-0.1, -0.05) is 23.7 Å². The van der Waals surface area contributed by atoms with E-state index in [4.69, 9.17) is 16.3 Å². The van der Waals surface area contributed by atoms with Gasteiger partial charge in [-0.3, -0.25) is 0 Å². The van der Waals surface area contributed by atoms with Crippen molar-refractivity contribution in [3.8, 4) is 16.9 Å². The number of esters is 1. The number of carbonyl (C=O) groups is 1. The van der Waals surface area contributed by atoms with Crippen LogP contribution in [0, 0.1) is 3.57 Å². The molecule has 0 saturated heterocycles. The highest BCUT2D eigenvalue weighted by atomic mass is 127. The normalized spacial score (nSPS) is 10.2. The molecule has 20 heavy (non-hydrogen) atoms. The van der Waals surface area contributed by atoms with Gasteiger partial charge >= 0.3 is 5.97 Å². The first kappa shape index (κ1) is 15.1. The fraction of sp³-hybridized carbons (Fsp3) is 0.133. The molecule has 0 spiro atoms. The number of hydrogen-bond donors (Lipinski definition) is 0. The average Bonchev–Trinajstić information content (AvgIpc) is 2.46. The molecule has 0 atom stereocenters. The van der Waals surface area contributed by atoms with Crippen molar-refractivity contribution < 1.29 is 14.3 Å². The van der Waals surface area contributed by atoms with E-state index in [1.165, 1.54) is 7.11 Å². The summed E-state index contributed by atoms with van der Waals surface area (Å²) >= 11 is 8.46. The maximum absolute atomic E-state index is 11.5. The maximum Gasteiger partial charge on any atom is 0.337 e. The van der Waals surface area contributed by atoms with E-state index in [2.05, 4.69) is 27.3 Å². The Kier molecular flexibility index (Phi) is 4.88. The Labute approximate surface area is 136 Å². The minimum Gasteiger partial charge on any atom is -0.496 e. The predicted octanol–water partition coefficient (Wildman–Crippen LogP) is 4.41. The number of ether oxygens (including phenoxy) is 2. The first-order chi connectivity index (χ1) is 9.56. The molecule has 0 N–H and O–H groups in total. The predicted molar refractivity (Wildman–Crippen MR) is 87.5 cm³/mol. The van der Waals surface area contributed by atoms with Crippen molar-refractivity contribution in [1.29, 1.82) is 0 Å². The molecule has 0 aromatic heterocycles. The molecule has 0 heterocycles. The minimum absolute atomic E-state index is 0.400. The molecule has 2 rings (SSSR count). The maximum atomic E-state index is 11.5. The molecule has 0 aliphatic carbocycles. The molecule has 5 heteroatoms. The molecule has 0 bridgehead atoms. The zero-order chi connectivity index (χ0) is 14.7. The topological polar surface area (TPSA) is 35.5 Å². The number of benzene rings is 2. The lowest BCUT2D eigenvalue weighted by Gasteiger charge is -2.09. The largest absolute Gasteiger partial charge is 0.496 e. The summed E-state index contributed by atoms with van der Waals surface area (Å²) in [5.74, 6) is 0.416. The molecule has 0 aliphatic heterocycles. The van der Waals surface area contributed by atoms with Gasteiger partial charge in [0.1, 0.15) is 5.75 Å². The zero-order valence-electron chi connectivity index (χ0n) is 10.9. The Bertz CT molecular complexity index is 656. The van der Waals surface area contributed by atoms with Crippen LogP contribution in [-0.2, 0) is 4.74 Å². The van der Waals surface area contributed by atoms with Crippen molar-refractivity contribution in [2.75, 3.05) is 14.2 Å². The highest BCUT2D eigenvalue weighted by molar-refractivity contribution is 14.1. The van der Waals surface area contributed by atoms with E-state index >= 15 is 0 Å². The number of hydrogen-bond acceptors (Lipinski definition) is 3. The smallest absolute Gasteiger partial charge is 0.337 e. The Hall–Kier alpha value is -1.27. The van der Waals surface area contributed by atoms with Crippen molar-refractivity contribution in [3.05, 3.63) is 50.6 Å². The van der Waals surface area contributed by atoms with Gasteiger partial charge in [0, 0.05) is 10.6 Å². The number of methoxy groups -OCH3 is 2. The second-order valence-electron chi connectivity index (χ2n) is 4.04. The Morgan fingerprint density at radius 2 is 1.90 bits per heavy atom. The standard InChI is InChI=1S/C15H12ClIO3/c1-19-14-6-4-9(8-13(14)17)11-5-3-10(7-12(11)16)15(18)20-2/h3-8H,1-2H3. The molecule has 0 fully saturated rings. The molecule has 104 valence electrons. The van der Waals surface area contributed by atoms with Crippen molar-refractivity contribution in [2.24, 2.45) is 0 Å². The summed E-state index contributed by atoms with van der Waals surface area (Å²) in [7, 11) is 2.98. The van der Waals surface area contributed by atoms with E-state index in [0.29, 0.717) is 10.6 Å². The molecule has 2 aromatic carbocycles. The molecule has 0 saturated carbocycles. The lowest BCUT2D eigenvalue weighted by molar-refractivity contribution is 0.0601. The van der Waals surface area contributed by atoms with Crippen LogP contribution in [0.1, 0.15) is 10.4 Å². The van der Waals surface area contributed by atoms with Gasteiger partial charge in [0.2, 0.25) is 0 Å². The Balaban J connectivity index is 2.43. The van der Waals surface area contributed by atoms with E-state index in [0.717, 1.165) is 20.4 Å². The molecular formula is C15H12ClIO3. The molecular weight excluding hydrogens is 391 g/mol. The summed E-state index contributed by atoms with van der Waals surface area (Å²) in [6.45, 7) is 0. The summed E-state index contributed by atoms with van der Waals surface area (Å²) in [5, 5.41) is 0.508. The summed E-state index contributed by atoms with van der Waals surface area (Å²) in [6, 6.07) is 10.9. The van der Waals surface area contributed by atoms with Gasteiger partial charge in [-0.25, -0.2) is 4.79 Å². The molecule has 0 amide bonds. The van der Waals surface area contributed by atoms with Crippen molar-refractivity contribution in [2.45, 2.75) is 0 Å². The van der Waals surface area contributed by atoms with Crippen molar-refractivity contribution >= 4 is 40.2 Å². The van der Waals surface area contributed by atoms with Crippen LogP contribution in [0.25, 0.3) is 11.1 Å². The number of carbonyl (C=O) groups excluding carboxylic acids is 1. The molecule has 0 radical (unpaired) electrons.